The topological polar surface area (TPSA) is 54.6 Å². The number of hydrogen-bond donors (Lipinski definition) is 1. The average molecular weight is 444 g/mol. The molecule has 0 amide bonds. The third-order valence-electron chi connectivity index (χ3n) is 6.18. The number of aromatic nitrogens is 1. The molecule has 2 heterocycles. The van der Waals surface area contributed by atoms with Crippen molar-refractivity contribution in [2.75, 3.05) is 0 Å². The zero-order valence-corrected chi connectivity index (χ0v) is 18.5. The van der Waals surface area contributed by atoms with Crippen molar-refractivity contribution in [2.24, 2.45) is 4.99 Å². The second-order valence-corrected chi connectivity index (χ2v) is 8.72. The van der Waals surface area contributed by atoms with Gasteiger partial charge in [-0.25, -0.2) is 13.6 Å². The maximum atomic E-state index is 14.9. The van der Waals surface area contributed by atoms with Gasteiger partial charge in [-0.2, -0.15) is 0 Å². The molecule has 4 nitrogen and oxygen atoms in total. The van der Waals surface area contributed by atoms with Gasteiger partial charge in [-0.15, -0.1) is 0 Å². The number of hydrogen-bond acceptors (Lipinski definition) is 2. The Labute approximate surface area is 189 Å². The molecule has 0 atom stereocenters. The van der Waals surface area contributed by atoms with E-state index in [9.17, 15) is 18.7 Å². The summed E-state index contributed by atoms with van der Waals surface area (Å²) in [5.41, 5.74) is 6.25. The molecule has 1 aliphatic rings. The van der Waals surface area contributed by atoms with Crippen LogP contribution in [0.25, 0.3) is 27.7 Å². The molecule has 1 aromatic heterocycles. The highest BCUT2D eigenvalue weighted by atomic mass is 19.1. The van der Waals surface area contributed by atoms with Crippen LogP contribution in [0.2, 0.25) is 0 Å². The van der Waals surface area contributed by atoms with Crippen LogP contribution in [0.15, 0.2) is 53.5 Å². The number of fused-ring (bicyclic) bond motifs is 2. The third-order valence-corrected chi connectivity index (χ3v) is 6.18. The number of carbonyl (C=O) groups is 1. The fourth-order valence-corrected chi connectivity index (χ4v) is 4.79. The molecule has 5 rings (SSSR count). The van der Waals surface area contributed by atoms with Gasteiger partial charge >= 0.3 is 5.97 Å². The second-order valence-electron chi connectivity index (χ2n) is 8.72. The number of benzene rings is 3. The van der Waals surface area contributed by atoms with E-state index in [2.05, 4.69) is 35.5 Å². The van der Waals surface area contributed by atoms with Crippen molar-refractivity contribution in [3.63, 3.8) is 0 Å². The second kappa shape index (κ2) is 7.66. The van der Waals surface area contributed by atoms with Crippen molar-refractivity contribution >= 4 is 23.1 Å². The smallest absolute Gasteiger partial charge is 0.338 e. The lowest BCUT2D eigenvalue weighted by Gasteiger charge is -2.16. The van der Waals surface area contributed by atoms with Gasteiger partial charge in [-0.3, -0.25) is 4.99 Å². The van der Waals surface area contributed by atoms with Crippen LogP contribution in [0.4, 0.5) is 8.78 Å². The minimum Gasteiger partial charge on any atom is -0.478 e. The molecular formula is C27H22F2N2O2. The van der Waals surface area contributed by atoms with Gasteiger partial charge in [0.15, 0.2) is 0 Å². The predicted molar refractivity (Wildman–Crippen MR) is 126 cm³/mol. The molecule has 0 saturated carbocycles. The van der Waals surface area contributed by atoms with Gasteiger partial charge in [-0.1, -0.05) is 19.9 Å². The standard InChI is InChI=1S/C27H22F2N2O2/c1-14(2)26-25(16-8-15(3)24(27(32)33)22(29)10-16)21-9-17-12-30-13-18(17)11-23(21)31(26)20-6-4-19(28)5-7-20/h4-11,13-14H,12H2,1-3H3,(H,32,33). The van der Waals surface area contributed by atoms with Gasteiger partial charge in [0.05, 0.1) is 17.6 Å². The van der Waals surface area contributed by atoms with Gasteiger partial charge in [0.2, 0.25) is 0 Å². The lowest BCUT2D eigenvalue weighted by atomic mass is 9.93. The SMILES string of the molecule is Cc1cc(-c2c(C(C)C)n(-c3ccc(F)cc3)c3cc4c(cc23)CN=C4)cc(F)c1C(=O)O. The van der Waals surface area contributed by atoms with E-state index in [4.69, 9.17) is 0 Å². The van der Waals surface area contributed by atoms with E-state index in [-0.39, 0.29) is 17.3 Å². The summed E-state index contributed by atoms with van der Waals surface area (Å²) in [6, 6.07) is 13.5. The van der Waals surface area contributed by atoms with Gasteiger partial charge in [0.25, 0.3) is 0 Å². The molecule has 0 saturated heterocycles. The number of carboxylic acid groups (broad SMARTS) is 1. The Morgan fingerprint density at radius 3 is 2.45 bits per heavy atom. The first-order valence-electron chi connectivity index (χ1n) is 10.8. The highest BCUT2D eigenvalue weighted by molar-refractivity contribution is 6.04. The Hall–Kier alpha value is -3.80. The average Bonchev–Trinajstić information content (AvgIpc) is 3.33. The fourth-order valence-electron chi connectivity index (χ4n) is 4.79. The van der Waals surface area contributed by atoms with Crippen LogP contribution in [0.5, 0.6) is 0 Å². The van der Waals surface area contributed by atoms with E-state index in [1.54, 1.807) is 25.1 Å². The van der Waals surface area contributed by atoms with E-state index in [0.29, 0.717) is 17.7 Å². The van der Waals surface area contributed by atoms with Crippen molar-refractivity contribution in [3.8, 4) is 16.8 Å². The molecule has 1 N–H and O–H groups in total. The normalized spacial score (nSPS) is 12.7. The molecule has 33 heavy (non-hydrogen) atoms. The Morgan fingerprint density at radius 1 is 1.09 bits per heavy atom. The van der Waals surface area contributed by atoms with E-state index < -0.39 is 11.8 Å². The minimum absolute atomic E-state index is 0.0449. The summed E-state index contributed by atoms with van der Waals surface area (Å²) in [6.45, 7) is 6.30. The first-order valence-corrected chi connectivity index (χ1v) is 10.8. The number of aromatic carboxylic acids is 1. The van der Waals surface area contributed by atoms with Gasteiger partial charge < -0.3 is 9.67 Å². The van der Waals surface area contributed by atoms with Crippen LogP contribution in [-0.2, 0) is 6.54 Å². The summed E-state index contributed by atoms with van der Waals surface area (Å²) in [6.07, 6.45) is 1.84. The molecule has 6 heteroatoms. The van der Waals surface area contributed by atoms with E-state index in [1.807, 2.05) is 6.21 Å². The molecule has 0 radical (unpaired) electrons. The van der Waals surface area contributed by atoms with Crippen LogP contribution in [0, 0.1) is 18.6 Å². The quantitative estimate of drug-likeness (QED) is 0.384. The van der Waals surface area contributed by atoms with Crippen LogP contribution in [-0.4, -0.2) is 21.9 Å². The molecule has 166 valence electrons. The number of carboxylic acids is 1. The molecule has 4 aromatic rings. The molecule has 1 aliphatic heterocycles. The Kier molecular flexibility index (Phi) is 4.89. The lowest BCUT2D eigenvalue weighted by Crippen LogP contribution is -2.05. The third kappa shape index (κ3) is 3.33. The highest BCUT2D eigenvalue weighted by Crippen LogP contribution is 2.42. The first kappa shape index (κ1) is 21.1. The van der Waals surface area contributed by atoms with Gasteiger partial charge in [0, 0.05) is 28.5 Å². The summed E-state index contributed by atoms with van der Waals surface area (Å²) >= 11 is 0. The Morgan fingerprint density at radius 2 is 1.82 bits per heavy atom. The Balaban J connectivity index is 1.91. The number of aryl methyl sites for hydroxylation is 1. The predicted octanol–water partition coefficient (Wildman–Crippen LogP) is 6.64. The number of nitrogens with zero attached hydrogens (tertiary/aromatic N) is 2. The van der Waals surface area contributed by atoms with Crippen molar-refractivity contribution in [3.05, 3.63) is 88.1 Å². The van der Waals surface area contributed by atoms with Crippen LogP contribution >= 0.6 is 0 Å². The van der Waals surface area contributed by atoms with Crippen molar-refractivity contribution < 1.29 is 18.7 Å². The van der Waals surface area contributed by atoms with Crippen molar-refractivity contribution in [1.29, 1.82) is 0 Å². The summed E-state index contributed by atoms with van der Waals surface area (Å²) in [7, 11) is 0. The minimum atomic E-state index is -1.29. The van der Waals surface area contributed by atoms with Crippen LogP contribution in [0.3, 0.4) is 0 Å². The molecule has 0 fully saturated rings. The Bertz CT molecular complexity index is 1440. The van der Waals surface area contributed by atoms with Crippen LogP contribution in [0.1, 0.15) is 52.5 Å². The molecule has 0 aliphatic carbocycles. The van der Waals surface area contributed by atoms with Gasteiger partial charge in [0.1, 0.15) is 11.6 Å². The molecule has 0 bridgehead atoms. The first-order chi connectivity index (χ1) is 15.8. The van der Waals surface area contributed by atoms with Crippen LogP contribution < -0.4 is 0 Å². The molecule has 0 unspecified atom stereocenters. The number of halogens is 2. The molecular weight excluding hydrogens is 422 g/mol. The maximum absolute atomic E-state index is 14.9. The summed E-state index contributed by atoms with van der Waals surface area (Å²) in [5, 5.41) is 10.3. The number of aliphatic imine (C=N–C) groups is 1. The summed E-state index contributed by atoms with van der Waals surface area (Å²) < 4.78 is 30.7. The van der Waals surface area contributed by atoms with E-state index in [0.717, 1.165) is 39.0 Å². The summed E-state index contributed by atoms with van der Waals surface area (Å²) in [5.74, 6) is -2.33. The number of rotatable bonds is 4. The molecule has 3 aromatic carbocycles. The summed E-state index contributed by atoms with van der Waals surface area (Å²) in [4.78, 5) is 15.9. The largest absolute Gasteiger partial charge is 0.478 e. The van der Waals surface area contributed by atoms with Gasteiger partial charge in [-0.05, 0) is 77.6 Å². The van der Waals surface area contributed by atoms with E-state index in [1.165, 1.54) is 18.2 Å². The van der Waals surface area contributed by atoms with E-state index >= 15 is 0 Å². The highest BCUT2D eigenvalue weighted by Gasteiger charge is 2.25. The monoisotopic (exact) mass is 444 g/mol. The zero-order chi connectivity index (χ0) is 23.4. The zero-order valence-electron chi connectivity index (χ0n) is 18.5. The van der Waals surface area contributed by atoms with Crippen molar-refractivity contribution in [2.45, 2.75) is 33.2 Å². The maximum Gasteiger partial charge on any atom is 0.338 e. The molecule has 0 spiro atoms. The lowest BCUT2D eigenvalue weighted by molar-refractivity contribution is 0.0691. The fraction of sp³-hybridized carbons (Fsp3) is 0.185. The van der Waals surface area contributed by atoms with Crippen molar-refractivity contribution in [1.82, 2.24) is 4.57 Å².